The molecular weight excluding hydrogens is 522 g/mol. The number of carbonyl (C=O) groups is 1. The van der Waals surface area contributed by atoms with Crippen molar-refractivity contribution in [2.75, 3.05) is 23.3 Å². The van der Waals surface area contributed by atoms with Crippen LogP contribution in [-0.4, -0.2) is 47.0 Å². The van der Waals surface area contributed by atoms with E-state index in [0.29, 0.717) is 32.9 Å². The van der Waals surface area contributed by atoms with E-state index in [4.69, 9.17) is 32.8 Å². The number of allylic oxidation sites excluding steroid dienone is 1. The van der Waals surface area contributed by atoms with E-state index in [1.165, 1.54) is 11.8 Å². The zero-order chi connectivity index (χ0) is 27.2. The smallest absolute Gasteiger partial charge is 0.257 e. The van der Waals surface area contributed by atoms with E-state index in [1.54, 1.807) is 43.3 Å². The third-order valence-electron chi connectivity index (χ3n) is 5.37. The summed E-state index contributed by atoms with van der Waals surface area (Å²) in [6.45, 7) is 7.26. The minimum atomic E-state index is -0.275. The zero-order valence-electron chi connectivity index (χ0n) is 21.4. The van der Waals surface area contributed by atoms with Gasteiger partial charge in [-0.15, -0.1) is 0 Å². The number of nitrogens with zero attached hydrogens (tertiary/aromatic N) is 4. The van der Waals surface area contributed by atoms with Crippen molar-refractivity contribution in [3.8, 4) is 0 Å². The minimum absolute atomic E-state index is 0.162. The van der Waals surface area contributed by atoms with Gasteiger partial charge in [0, 0.05) is 35.4 Å². The van der Waals surface area contributed by atoms with Gasteiger partial charge >= 0.3 is 0 Å². The molecule has 0 spiro atoms. The maximum atomic E-state index is 12.6. The molecule has 2 aromatic carbocycles. The van der Waals surface area contributed by atoms with Crippen molar-refractivity contribution in [1.29, 1.82) is 0 Å². The van der Waals surface area contributed by atoms with E-state index < -0.39 is 0 Å². The molecule has 1 saturated heterocycles. The van der Waals surface area contributed by atoms with Gasteiger partial charge in [-0.1, -0.05) is 23.7 Å². The topological polar surface area (TPSA) is 132 Å². The molecule has 1 fully saturated rings. The van der Waals surface area contributed by atoms with Crippen LogP contribution in [0.25, 0.3) is 0 Å². The van der Waals surface area contributed by atoms with Crippen molar-refractivity contribution < 1.29 is 9.53 Å². The lowest BCUT2D eigenvalue weighted by atomic mass is 10.1. The van der Waals surface area contributed by atoms with Crippen LogP contribution in [0.15, 0.2) is 81.4 Å². The Labute approximate surface area is 231 Å². The van der Waals surface area contributed by atoms with Gasteiger partial charge in [-0.05, 0) is 75.0 Å². The monoisotopic (exact) mass is 551 g/mol. The second-order valence-electron chi connectivity index (χ2n) is 9.06. The third-order valence-corrected chi connectivity index (χ3v) is 6.58. The molecule has 0 atom stereocenters. The summed E-state index contributed by atoms with van der Waals surface area (Å²) in [5, 5.41) is 3.78. The number of halogens is 1. The lowest BCUT2D eigenvalue weighted by Gasteiger charge is -2.40. The maximum Gasteiger partial charge on any atom is 0.257 e. The predicted octanol–water partition coefficient (Wildman–Crippen LogP) is 5.00. The average Bonchev–Trinajstić information content (AvgIpc) is 2.81. The molecule has 5 N–H and O–H groups in total. The summed E-state index contributed by atoms with van der Waals surface area (Å²) in [5.74, 6) is 1.16. The molecule has 0 unspecified atom stereocenters. The summed E-state index contributed by atoms with van der Waals surface area (Å²) in [5.41, 5.74) is 13.4. The molecule has 0 saturated carbocycles. The summed E-state index contributed by atoms with van der Waals surface area (Å²) >= 11 is 7.52. The first-order valence-electron chi connectivity index (χ1n) is 12.1. The molecule has 1 aromatic heterocycles. The fourth-order valence-electron chi connectivity index (χ4n) is 3.72. The summed E-state index contributed by atoms with van der Waals surface area (Å²) in [7, 11) is 0. The zero-order valence-corrected chi connectivity index (χ0v) is 23.0. The summed E-state index contributed by atoms with van der Waals surface area (Å²) in [6, 6.07) is 16.1. The van der Waals surface area contributed by atoms with Gasteiger partial charge in [-0.3, -0.25) is 4.79 Å². The number of nitrogens with two attached hydrogens (primary N) is 2. The number of ether oxygens (including phenoxy) is 1. The second-order valence-corrected chi connectivity index (χ2v) is 10.5. The molecule has 11 heteroatoms. The molecule has 198 valence electrons. The largest absolute Gasteiger partial charge is 0.402 e. The quantitative estimate of drug-likeness (QED) is 0.192. The van der Waals surface area contributed by atoms with Crippen LogP contribution in [0, 0.1) is 0 Å². The van der Waals surface area contributed by atoms with Gasteiger partial charge in [0.1, 0.15) is 11.7 Å². The molecule has 0 radical (unpaired) electrons. The van der Waals surface area contributed by atoms with E-state index in [2.05, 4.69) is 20.2 Å². The van der Waals surface area contributed by atoms with Gasteiger partial charge in [0.25, 0.3) is 5.91 Å². The highest BCUT2D eigenvalue weighted by Crippen LogP contribution is 2.31. The Morgan fingerprint density at radius 1 is 1.18 bits per heavy atom. The fraction of sp³-hybridized carbons (Fsp3) is 0.259. The van der Waals surface area contributed by atoms with Gasteiger partial charge in [0.05, 0.1) is 22.8 Å². The lowest BCUT2D eigenvalue weighted by molar-refractivity contribution is -0.00749. The Bertz CT molecular complexity index is 1350. The summed E-state index contributed by atoms with van der Waals surface area (Å²) < 4.78 is 5.88. The van der Waals surface area contributed by atoms with E-state index in [0.717, 1.165) is 23.8 Å². The minimum Gasteiger partial charge on any atom is -0.402 e. The third kappa shape index (κ3) is 7.47. The molecule has 2 heterocycles. The normalized spacial score (nSPS) is 14.5. The van der Waals surface area contributed by atoms with Crippen LogP contribution in [0.5, 0.6) is 0 Å². The number of hydrogen-bond donors (Lipinski definition) is 3. The van der Waals surface area contributed by atoms with Gasteiger partial charge < -0.3 is 26.4 Å². The van der Waals surface area contributed by atoms with Crippen LogP contribution in [0.2, 0.25) is 5.02 Å². The molecule has 9 nitrogen and oxygen atoms in total. The first-order chi connectivity index (χ1) is 18.2. The van der Waals surface area contributed by atoms with Crippen molar-refractivity contribution in [3.05, 3.63) is 77.0 Å². The molecule has 0 aliphatic carbocycles. The van der Waals surface area contributed by atoms with Gasteiger partial charge in [0.15, 0.2) is 11.0 Å². The van der Waals surface area contributed by atoms with Crippen LogP contribution in [-0.2, 0) is 4.74 Å². The Hall–Kier alpha value is -3.60. The number of nitrogens with one attached hydrogen (secondary N) is 1. The number of aromatic nitrogens is 2. The molecule has 38 heavy (non-hydrogen) atoms. The Kier molecular flexibility index (Phi) is 8.88. The van der Waals surface area contributed by atoms with Crippen molar-refractivity contribution >= 4 is 52.4 Å². The van der Waals surface area contributed by atoms with Crippen molar-refractivity contribution in [2.24, 2.45) is 16.5 Å². The van der Waals surface area contributed by atoms with E-state index in [9.17, 15) is 4.79 Å². The van der Waals surface area contributed by atoms with Crippen LogP contribution in [0.3, 0.4) is 0 Å². The molecule has 1 amide bonds. The summed E-state index contributed by atoms with van der Waals surface area (Å²) in [4.78, 5) is 29.3. The van der Waals surface area contributed by atoms with Gasteiger partial charge in [-0.25, -0.2) is 15.0 Å². The first kappa shape index (κ1) is 27.4. The van der Waals surface area contributed by atoms with Gasteiger partial charge in [0.2, 0.25) is 0 Å². The number of anilines is 2. The highest BCUT2D eigenvalue weighted by atomic mass is 35.5. The van der Waals surface area contributed by atoms with E-state index >= 15 is 0 Å². The Morgan fingerprint density at radius 3 is 2.55 bits per heavy atom. The van der Waals surface area contributed by atoms with Crippen LogP contribution in [0.1, 0.15) is 31.1 Å². The van der Waals surface area contributed by atoms with Crippen LogP contribution in [0.4, 0.5) is 17.3 Å². The molecule has 0 bridgehead atoms. The molecule has 1 aliphatic heterocycles. The number of aliphatic imine (C=N–C) groups is 1. The summed E-state index contributed by atoms with van der Waals surface area (Å²) in [6.07, 6.45) is 1.91. The average molecular weight is 552 g/mol. The molecule has 4 rings (SSSR count). The van der Waals surface area contributed by atoms with Crippen molar-refractivity contribution in [1.82, 2.24) is 9.97 Å². The number of amides is 1. The first-order valence-corrected chi connectivity index (χ1v) is 13.3. The SMILES string of the molecule is C/C(N)=C/C(N)=Nc1cc(N2CC(OC(C)C)C2)nc(Sc2ccc(NC(=O)c3ccccc3Cl)cc2)n1. The highest BCUT2D eigenvalue weighted by Gasteiger charge is 2.30. The number of benzene rings is 2. The van der Waals surface area contributed by atoms with Crippen molar-refractivity contribution in [3.63, 3.8) is 0 Å². The number of hydrogen-bond acceptors (Lipinski definition) is 8. The van der Waals surface area contributed by atoms with Crippen LogP contribution < -0.4 is 21.7 Å². The highest BCUT2D eigenvalue weighted by molar-refractivity contribution is 7.99. The number of amidine groups is 1. The molecule has 1 aliphatic rings. The number of carbonyl (C=O) groups excluding carboxylic acids is 1. The predicted molar refractivity (Wildman–Crippen MR) is 153 cm³/mol. The molecular formula is C27H30ClN7O2S. The Morgan fingerprint density at radius 2 is 1.89 bits per heavy atom. The Balaban J connectivity index is 1.51. The standard InChI is InChI=1S/C27H30ClN7O2S/c1-16(2)37-19-14-35(15-19)25-13-24(32-23(30)12-17(3)29)33-27(34-25)38-20-10-8-18(9-11-20)31-26(36)21-6-4-5-7-22(21)28/h4-13,16,19H,14-15,29H2,1-3H3,(H,31,36)(H2,30,32,33,34)/b17-12-. The van der Waals surface area contributed by atoms with E-state index in [-0.39, 0.29) is 24.0 Å². The van der Waals surface area contributed by atoms with Crippen molar-refractivity contribution in [2.45, 2.75) is 43.0 Å². The molecule has 3 aromatic rings. The van der Waals surface area contributed by atoms with Crippen LogP contribution >= 0.6 is 23.4 Å². The fourth-order valence-corrected chi connectivity index (χ4v) is 4.70. The second kappa shape index (κ2) is 12.3. The number of rotatable bonds is 9. The maximum absolute atomic E-state index is 12.6. The lowest BCUT2D eigenvalue weighted by Crippen LogP contribution is -2.53. The van der Waals surface area contributed by atoms with Gasteiger partial charge in [-0.2, -0.15) is 0 Å². The van der Waals surface area contributed by atoms with E-state index in [1.807, 2.05) is 38.1 Å².